The molecule has 0 spiro atoms. The summed E-state index contributed by atoms with van der Waals surface area (Å²) in [5.74, 6) is -0.542. The van der Waals surface area contributed by atoms with Gasteiger partial charge in [0.05, 0.1) is 24.3 Å². The van der Waals surface area contributed by atoms with Gasteiger partial charge in [-0.3, -0.25) is 14.6 Å². The maximum absolute atomic E-state index is 12.0. The summed E-state index contributed by atoms with van der Waals surface area (Å²) in [5.41, 5.74) is 0.692. The van der Waals surface area contributed by atoms with Crippen LogP contribution in [-0.4, -0.2) is 49.4 Å². The van der Waals surface area contributed by atoms with Crippen LogP contribution in [0.3, 0.4) is 0 Å². The summed E-state index contributed by atoms with van der Waals surface area (Å²) < 4.78 is 9.72. The van der Waals surface area contributed by atoms with Crippen molar-refractivity contribution in [1.82, 2.24) is 15.6 Å². The number of nitrogens with zero attached hydrogens (tertiary/aromatic N) is 1. The van der Waals surface area contributed by atoms with Crippen molar-refractivity contribution in [1.29, 1.82) is 0 Å². The third-order valence-corrected chi connectivity index (χ3v) is 3.35. The molecule has 1 rings (SSSR count). The maximum Gasteiger partial charge on any atom is 0.252 e. The number of carbonyl (C=O) groups excluding carboxylic acids is 2. The Morgan fingerprint density at radius 2 is 1.70 bits per heavy atom. The Hall–Kier alpha value is -1.29. The second-order valence-corrected chi connectivity index (χ2v) is 5.33. The monoisotopic (exact) mass is 359 g/mol. The number of carbonyl (C=O) groups is 2. The van der Waals surface area contributed by atoms with Gasteiger partial charge in [-0.1, -0.05) is 0 Å². The second kappa shape index (κ2) is 12.2. The number of amides is 2. The summed E-state index contributed by atoms with van der Waals surface area (Å²) >= 11 is 4.91. The van der Waals surface area contributed by atoms with Gasteiger partial charge in [0, 0.05) is 31.7 Å². The van der Waals surface area contributed by atoms with Crippen LogP contribution in [-0.2, 0) is 8.37 Å². The van der Waals surface area contributed by atoms with Crippen LogP contribution in [0, 0.1) is 0 Å². The first-order valence-corrected chi connectivity index (χ1v) is 8.64. The van der Waals surface area contributed by atoms with Gasteiger partial charge < -0.3 is 19.0 Å². The molecule has 128 valence electrons. The zero-order chi connectivity index (χ0) is 16.9. The van der Waals surface area contributed by atoms with Gasteiger partial charge in [0.2, 0.25) is 0 Å². The zero-order valence-corrected chi connectivity index (χ0v) is 14.6. The van der Waals surface area contributed by atoms with Crippen molar-refractivity contribution >= 4 is 36.8 Å². The Kier molecular flexibility index (Phi) is 10.5. The minimum atomic E-state index is -0.278. The molecule has 2 amide bonds. The lowest BCUT2D eigenvalue weighted by Gasteiger charge is -2.07. The molecule has 1 heterocycles. The molecule has 2 N–H and O–H groups in total. The number of nitrogens with one attached hydrogen (secondary N) is 2. The molecule has 0 fully saturated rings. The van der Waals surface area contributed by atoms with Crippen LogP contribution in [0.5, 0.6) is 0 Å². The van der Waals surface area contributed by atoms with E-state index < -0.39 is 0 Å². The van der Waals surface area contributed by atoms with Gasteiger partial charge in [0.15, 0.2) is 0 Å². The Morgan fingerprint density at radius 3 is 2.22 bits per heavy atom. The minimum Gasteiger partial charge on any atom is -0.352 e. The molecule has 23 heavy (non-hydrogen) atoms. The zero-order valence-electron chi connectivity index (χ0n) is 12.9. The van der Waals surface area contributed by atoms with Crippen LogP contribution in [0.25, 0.3) is 0 Å². The van der Waals surface area contributed by atoms with E-state index in [1.165, 1.54) is 30.5 Å². The Morgan fingerprint density at radius 1 is 1.13 bits per heavy atom. The molecule has 0 aliphatic heterocycles. The van der Waals surface area contributed by atoms with E-state index in [2.05, 4.69) is 32.7 Å². The summed E-state index contributed by atoms with van der Waals surface area (Å²) in [7, 11) is 0. The van der Waals surface area contributed by atoms with E-state index in [4.69, 9.17) is 4.18 Å². The highest BCUT2D eigenvalue weighted by Gasteiger charge is 2.10. The number of aromatic nitrogens is 1. The third kappa shape index (κ3) is 8.21. The highest BCUT2D eigenvalue weighted by Crippen LogP contribution is 2.03. The molecule has 0 atom stereocenters. The molecule has 0 unspecified atom stereocenters. The minimum absolute atomic E-state index is 0.264. The fourth-order valence-electron chi connectivity index (χ4n) is 1.65. The van der Waals surface area contributed by atoms with Crippen LogP contribution >= 0.6 is 25.0 Å². The van der Waals surface area contributed by atoms with Gasteiger partial charge >= 0.3 is 0 Å². The van der Waals surface area contributed by atoms with Crippen molar-refractivity contribution in [3.63, 3.8) is 0 Å². The molecule has 0 saturated carbocycles. The van der Waals surface area contributed by atoms with Gasteiger partial charge in [0.1, 0.15) is 0 Å². The summed E-state index contributed by atoms with van der Waals surface area (Å²) in [6, 6.07) is 1.52. The maximum atomic E-state index is 12.0. The smallest absolute Gasteiger partial charge is 0.252 e. The SMILES string of the molecule is CSOCCCNC(=O)c1cncc(C(=O)NCCCOS)c1. The van der Waals surface area contributed by atoms with E-state index in [-0.39, 0.29) is 11.8 Å². The molecule has 1 aromatic rings. The van der Waals surface area contributed by atoms with Gasteiger partial charge in [0.25, 0.3) is 11.8 Å². The van der Waals surface area contributed by atoms with Gasteiger partial charge in [-0.25, -0.2) is 0 Å². The molecule has 0 bridgehead atoms. The van der Waals surface area contributed by atoms with E-state index >= 15 is 0 Å². The van der Waals surface area contributed by atoms with Crippen LogP contribution < -0.4 is 10.6 Å². The molecule has 0 aliphatic rings. The molecule has 0 aromatic carbocycles. The van der Waals surface area contributed by atoms with E-state index in [0.29, 0.717) is 50.3 Å². The van der Waals surface area contributed by atoms with Crippen molar-refractivity contribution in [2.45, 2.75) is 12.8 Å². The van der Waals surface area contributed by atoms with E-state index in [0.717, 1.165) is 0 Å². The lowest BCUT2D eigenvalue weighted by molar-refractivity contribution is 0.0951. The first-order chi connectivity index (χ1) is 11.2. The molecule has 9 heteroatoms. The average Bonchev–Trinajstić information content (AvgIpc) is 2.58. The summed E-state index contributed by atoms with van der Waals surface area (Å²) in [5, 5.41) is 5.48. The highest BCUT2D eigenvalue weighted by atomic mass is 32.2. The number of thiol groups is 1. The number of hydrogen-bond donors (Lipinski definition) is 3. The van der Waals surface area contributed by atoms with Crippen LogP contribution in [0.4, 0.5) is 0 Å². The topological polar surface area (TPSA) is 89.5 Å². The first kappa shape index (κ1) is 19.8. The standard InChI is InChI=1S/C14H21N3O4S2/c1-23-21-7-3-5-17-14(19)12-8-11(9-15-10-12)13(18)16-4-2-6-20-22/h8-10,22H,2-7H2,1H3,(H,16,18)(H,17,19). The predicted octanol–water partition coefficient (Wildman–Crippen LogP) is 1.48. The third-order valence-electron chi connectivity index (χ3n) is 2.77. The second-order valence-electron chi connectivity index (χ2n) is 4.50. The van der Waals surface area contributed by atoms with Crippen molar-refractivity contribution in [3.8, 4) is 0 Å². The van der Waals surface area contributed by atoms with Crippen LogP contribution in [0.1, 0.15) is 33.6 Å². The Labute approximate surface area is 145 Å². The van der Waals surface area contributed by atoms with Crippen LogP contribution in [0.15, 0.2) is 18.5 Å². The highest BCUT2D eigenvalue weighted by molar-refractivity contribution is 7.93. The fourth-order valence-corrected chi connectivity index (χ4v) is 2.06. The van der Waals surface area contributed by atoms with Gasteiger partial charge in [-0.15, -0.1) is 0 Å². The molecular formula is C14H21N3O4S2. The van der Waals surface area contributed by atoms with Crippen molar-refractivity contribution in [2.24, 2.45) is 0 Å². The molecule has 7 nitrogen and oxygen atoms in total. The lowest BCUT2D eigenvalue weighted by Crippen LogP contribution is -2.27. The van der Waals surface area contributed by atoms with Crippen molar-refractivity contribution in [3.05, 3.63) is 29.6 Å². The normalized spacial score (nSPS) is 10.3. The molecule has 0 radical (unpaired) electrons. The summed E-state index contributed by atoms with van der Waals surface area (Å²) in [4.78, 5) is 27.9. The molecule has 0 saturated heterocycles. The number of hydrogen-bond acceptors (Lipinski definition) is 7. The average molecular weight is 359 g/mol. The van der Waals surface area contributed by atoms with Crippen molar-refractivity contribution in [2.75, 3.05) is 32.6 Å². The van der Waals surface area contributed by atoms with E-state index in [1.807, 2.05) is 6.26 Å². The van der Waals surface area contributed by atoms with Gasteiger partial charge in [-0.2, -0.15) is 0 Å². The first-order valence-electron chi connectivity index (χ1n) is 7.12. The number of pyridine rings is 1. The lowest BCUT2D eigenvalue weighted by atomic mass is 10.2. The number of rotatable bonds is 11. The van der Waals surface area contributed by atoms with Gasteiger partial charge in [-0.05, 0) is 43.9 Å². The van der Waals surface area contributed by atoms with E-state index in [1.54, 1.807) is 0 Å². The fraction of sp³-hybridized carbons (Fsp3) is 0.500. The Bertz CT molecular complexity index is 503. The molecule has 1 aromatic heterocycles. The molecule has 0 aliphatic carbocycles. The van der Waals surface area contributed by atoms with Crippen molar-refractivity contribution < 1.29 is 18.0 Å². The summed E-state index contributed by atoms with van der Waals surface area (Å²) in [6.45, 7) is 1.98. The Balaban J connectivity index is 2.45. The summed E-state index contributed by atoms with van der Waals surface area (Å²) in [6.07, 6.45) is 6.06. The molecular weight excluding hydrogens is 338 g/mol. The van der Waals surface area contributed by atoms with E-state index in [9.17, 15) is 9.59 Å². The predicted molar refractivity (Wildman–Crippen MR) is 92.5 cm³/mol. The largest absolute Gasteiger partial charge is 0.352 e. The quantitative estimate of drug-likeness (QED) is 0.315. The van der Waals surface area contributed by atoms with Crippen LogP contribution in [0.2, 0.25) is 0 Å².